The minimum Gasteiger partial charge on any atom is -0.497 e. The highest BCUT2D eigenvalue weighted by Gasteiger charge is 2.37. The minimum atomic E-state index is -0.800. The molecule has 1 saturated heterocycles. The molecule has 0 aromatic heterocycles. The Morgan fingerprint density at radius 3 is 2.38 bits per heavy atom. The molecule has 2 aromatic carbocycles. The molecule has 0 unspecified atom stereocenters. The van der Waals surface area contributed by atoms with E-state index in [1.54, 1.807) is 24.3 Å². The maximum absolute atomic E-state index is 12.7. The van der Waals surface area contributed by atoms with Gasteiger partial charge in [0.1, 0.15) is 17.1 Å². The summed E-state index contributed by atoms with van der Waals surface area (Å²) in [5, 5.41) is 13.7. The van der Waals surface area contributed by atoms with E-state index < -0.39 is 11.8 Å². The zero-order valence-corrected chi connectivity index (χ0v) is 16.3. The van der Waals surface area contributed by atoms with Gasteiger partial charge in [-0.15, -0.1) is 5.06 Å². The van der Waals surface area contributed by atoms with Crippen LogP contribution in [0.25, 0.3) is 0 Å². The molecule has 2 aliphatic rings. The predicted molar refractivity (Wildman–Crippen MR) is 106 cm³/mol. The van der Waals surface area contributed by atoms with Crippen LogP contribution in [0.2, 0.25) is 0 Å². The normalized spacial score (nSPS) is 17.2. The molecule has 2 N–H and O–H groups in total. The fourth-order valence-electron chi connectivity index (χ4n) is 3.94. The number of amides is 2. The number of nitrogens with one attached hydrogen (secondary N) is 1. The van der Waals surface area contributed by atoms with Crippen molar-refractivity contribution in [3.8, 4) is 11.5 Å². The second-order valence-electron chi connectivity index (χ2n) is 7.51. The molecular weight excluding hydrogens is 372 g/mol. The Hall–Kier alpha value is -2.90. The molecule has 1 spiro atoms. The number of hydrogen-bond acceptors (Lipinski definition) is 6. The van der Waals surface area contributed by atoms with Crippen molar-refractivity contribution >= 4 is 11.8 Å². The largest absolute Gasteiger partial charge is 0.497 e. The number of methoxy groups -OCH3 is 1. The van der Waals surface area contributed by atoms with Gasteiger partial charge in [-0.3, -0.25) is 14.8 Å². The average molecular weight is 396 g/mol. The fourth-order valence-corrected chi connectivity index (χ4v) is 3.94. The van der Waals surface area contributed by atoms with E-state index in [0.29, 0.717) is 11.5 Å². The van der Waals surface area contributed by atoms with Crippen LogP contribution in [-0.2, 0) is 6.42 Å². The number of imide groups is 1. The van der Waals surface area contributed by atoms with E-state index in [-0.39, 0.29) is 21.8 Å². The summed E-state index contributed by atoms with van der Waals surface area (Å²) in [7, 11) is 1.52. The van der Waals surface area contributed by atoms with Crippen LogP contribution < -0.4 is 14.8 Å². The molecule has 0 aliphatic carbocycles. The van der Waals surface area contributed by atoms with Gasteiger partial charge in [0, 0.05) is 11.1 Å². The number of piperidine rings is 1. The van der Waals surface area contributed by atoms with E-state index in [4.69, 9.17) is 9.47 Å². The number of hydrogen-bond donors (Lipinski definition) is 2. The number of nitrogens with zero attached hydrogens (tertiary/aromatic N) is 1. The second kappa shape index (κ2) is 7.85. The predicted octanol–water partition coefficient (Wildman–Crippen LogP) is 2.81. The summed E-state index contributed by atoms with van der Waals surface area (Å²) in [4.78, 5) is 25.2. The molecule has 0 atom stereocenters. The fraction of sp³-hybridized carbons (Fsp3) is 0.364. The Bertz CT molecular complexity index is 919. The summed E-state index contributed by atoms with van der Waals surface area (Å²) in [6, 6.07) is 11.3. The summed E-state index contributed by atoms with van der Waals surface area (Å²) >= 11 is 0. The summed E-state index contributed by atoms with van der Waals surface area (Å²) < 4.78 is 11.4. The highest BCUT2D eigenvalue weighted by atomic mass is 16.5. The van der Waals surface area contributed by atoms with Crippen LogP contribution in [0, 0.1) is 0 Å². The van der Waals surface area contributed by atoms with Crippen LogP contribution in [0.3, 0.4) is 0 Å². The third-order valence-electron chi connectivity index (χ3n) is 5.73. The van der Waals surface area contributed by atoms with Crippen LogP contribution >= 0.6 is 0 Å². The summed E-state index contributed by atoms with van der Waals surface area (Å²) in [5.74, 6) is -0.349. The molecule has 2 aromatic rings. The molecule has 152 valence electrons. The average Bonchev–Trinajstić information content (AvgIpc) is 2.77. The van der Waals surface area contributed by atoms with Gasteiger partial charge in [-0.05, 0) is 80.7 Å². The van der Waals surface area contributed by atoms with Crippen LogP contribution in [0.15, 0.2) is 42.5 Å². The quantitative estimate of drug-likeness (QED) is 0.471. The van der Waals surface area contributed by atoms with Crippen LogP contribution in [0.4, 0.5) is 0 Å². The number of aryl methyl sites for hydroxylation is 1. The zero-order valence-electron chi connectivity index (χ0n) is 16.3. The van der Waals surface area contributed by atoms with E-state index in [1.165, 1.54) is 19.2 Å². The highest BCUT2D eigenvalue weighted by molar-refractivity contribution is 6.09. The standard InChI is InChI=1S/C22H24N2O5/c1-28-18-6-4-16(5-7-18)20(25)24(27)21(26)17-3-2-15-8-9-22(29-19(15)14-17)10-12-23-13-11-22/h2-7,14,23,27H,8-13H2,1H3. The third kappa shape index (κ3) is 3.83. The van der Waals surface area contributed by atoms with Crippen molar-refractivity contribution < 1.29 is 24.3 Å². The van der Waals surface area contributed by atoms with Crippen molar-refractivity contribution in [2.24, 2.45) is 0 Å². The number of carbonyl (C=O) groups excluding carboxylic acids is 2. The number of fused-ring (bicyclic) bond motifs is 1. The molecule has 0 radical (unpaired) electrons. The lowest BCUT2D eigenvalue weighted by Crippen LogP contribution is -2.48. The van der Waals surface area contributed by atoms with Crippen molar-refractivity contribution in [2.75, 3.05) is 20.2 Å². The van der Waals surface area contributed by atoms with Gasteiger partial charge in [0.15, 0.2) is 0 Å². The van der Waals surface area contributed by atoms with Crippen molar-refractivity contribution in [3.05, 3.63) is 59.2 Å². The first-order valence-electron chi connectivity index (χ1n) is 9.76. The van der Waals surface area contributed by atoms with Gasteiger partial charge in [0.25, 0.3) is 11.8 Å². The maximum atomic E-state index is 12.7. The number of benzene rings is 2. The Labute approximate surface area is 169 Å². The van der Waals surface area contributed by atoms with Gasteiger partial charge < -0.3 is 14.8 Å². The molecule has 2 amide bonds. The van der Waals surface area contributed by atoms with E-state index in [1.807, 2.05) is 6.07 Å². The van der Waals surface area contributed by atoms with Crippen LogP contribution in [0.5, 0.6) is 11.5 Å². The molecule has 29 heavy (non-hydrogen) atoms. The molecule has 1 fully saturated rings. The van der Waals surface area contributed by atoms with E-state index in [2.05, 4.69) is 5.32 Å². The minimum absolute atomic E-state index is 0.145. The Kier molecular flexibility index (Phi) is 5.25. The lowest BCUT2D eigenvalue weighted by atomic mass is 9.83. The molecule has 0 saturated carbocycles. The van der Waals surface area contributed by atoms with Crippen molar-refractivity contribution in [3.63, 3.8) is 0 Å². The van der Waals surface area contributed by atoms with Crippen molar-refractivity contribution in [1.29, 1.82) is 0 Å². The SMILES string of the molecule is COc1ccc(C(=O)N(O)C(=O)c2ccc3c(c2)OC2(CCNCC2)CC3)cc1. The summed E-state index contributed by atoms with van der Waals surface area (Å²) in [5.41, 5.74) is 1.23. The molecule has 0 bridgehead atoms. The lowest BCUT2D eigenvalue weighted by Gasteiger charge is -2.41. The first-order valence-corrected chi connectivity index (χ1v) is 9.76. The molecule has 4 rings (SSSR count). The smallest absolute Gasteiger partial charge is 0.285 e. The van der Waals surface area contributed by atoms with Crippen LogP contribution in [-0.4, -0.2) is 47.9 Å². The number of carbonyl (C=O) groups is 2. The Balaban J connectivity index is 1.52. The molecule has 7 heteroatoms. The first kappa shape index (κ1) is 19.4. The third-order valence-corrected chi connectivity index (χ3v) is 5.73. The highest BCUT2D eigenvalue weighted by Crippen LogP contribution is 2.38. The second-order valence-corrected chi connectivity index (χ2v) is 7.51. The van der Waals surface area contributed by atoms with Gasteiger partial charge in [-0.1, -0.05) is 6.07 Å². The monoisotopic (exact) mass is 396 g/mol. The number of ether oxygens (including phenoxy) is 2. The summed E-state index contributed by atoms with van der Waals surface area (Å²) in [6.45, 7) is 1.82. The van der Waals surface area contributed by atoms with Crippen molar-refractivity contribution in [2.45, 2.75) is 31.3 Å². The Morgan fingerprint density at radius 1 is 1.03 bits per heavy atom. The molecule has 2 heterocycles. The van der Waals surface area contributed by atoms with Gasteiger partial charge in [-0.25, -0.2) is 0 Å². The maximum Gasteiger partial charge on any atom is 0.285 e. The zero-order chi connectivity index (χ0) is 20.4. The molecular formula is C22H24N2O5. The molecule has 7 nitrogen and oxygen atoms in total. The van der Waals surface area contributed by atoms with Gasteiger partial charge in [-0.2, -0.15) is 0 Å². The van der Waals surface area contributed by atoms with E-state index in [0.717, 1.165) is 44.3 Å². The van der Waals surface area contributed by atoms with E-state index in [9.17, 15) is 14.8 Å². The van der Waals surface area contributed by atoms with Crippen molar-refractivity contribution in [1.82, 2.24) is 10.4 Å². The van der Waals surface area contributed by atoms with Crippen LogP contribution in [0.1, 0.15) is 45.5 Å². The lowest BCUT2D eigenvalue weighted by molar-refractivity contribution is -0.0372. The van der Waals surface area contributed by atoms with E-state index >= 15 is 0 Å². The first-order chi connectivity index (χ1) is 14.0. The molecule has 2 aliphatic heterocycles. The van der Waals surface area contributed by atoms with Gasteiger partial charge >= 0.3 is 0 Å². The number of rotatable bonds is 3. The topological polar surface area (TPSA) is 88.1 Å². The number of hydroxylamine groups is 2. The van der Waals surface area contributed by atoms with Gasteiger partial charge in [0.2, 0.25) is 0 Å². The Morgan fingerprint density at radius 2 is 1.69 bits per heavy atom. The summed E-state index contributed by atoms with van der Waals surface area (Å²) in [6.07, 6.45) is 3.69. The van der Waals surface area contributed by atoms with Gasteiger partial charge in [0.05, 0.1) is 7.11 Å².